The van der Waals surface area contributed by atoms with Crippen LogP contribution in [0.15, 0.2) is 30.3 Å². The number of carbonyl (C=O) groups excluding carboxylic acids is 2. The van der Waals surface area contributed by atoms with Gasteiger partial charge in [-0.2, -0.15) is 0 Å². The van der Waals surface area contributed by atoms with Crippen LogP contribution in [0.2, 0.25) is 0 Å². The second kappa shape index (κ2) is 10.9. The standard InChI is InChI=1S/C21H32N4O5S/c1-2-25(22-21(27)23-12-7-4-8-13-23)31(28,29)16-15-30-19-11-14-24(17-19)20(26)18-9-5-3-6-10-18/h3,5-6,9-10,19H,2,4,7-8,11-17H2,1H3,(H,22,27)/t19-/m0/s1. The van der Waals surface area contributed by atoms with E-state index in [0.29, 0.717) is 38.2 Å². The van der Waals surface area contributed by atoms with Gasteiger partial charge in [0.05, 0.1) is 18.5 Å². The van der Waals surface area contributed by atoms with Gasteiger partial charge in [0.15, 0.2) is 0 Å². The number of benzene rings is 1. The fraction of sp³-hybridized carbons (Fsp3) is 0.619. The molecule has 2 aliphatic heterocycles. The number of urea groups is 1. The highest BCUT2D eigenvalue weighted by Crippen LogP contribution is 2.16. The maximum atomic E-state index is 12.7. The highest BCUT2D eigenvalue weighted by molar-refractivity contribution is 7.89. The zero-order valence-electron chi connectivity index (χ0n) is 18.0. The van der Waals surface area contributed by atoms with E-state index < -0.39 is 10.0 Å². The molecular formula is C21H32N4O5S. The van der Waals surface area contributed by atoms with Crippen molar-refractivity contribution in [1.82, 2.24) is 19.6 Å². The number of likely N-dealkylation sites (tertiary alicyclic amines) is 2. The molecule has 10 heteroatoms. The Balaban J connectivity index is 1.44. The van der Waals surface area contributed by atoms with E-state index in [1.165, 1.54) is 0 Å². The summed E-state index contributed by atoms with van der Waals surface area (Å²) in [6.45, 7) is 4.15. The molecule has 0 spiro atoms. The van der Waals surface area contributed by atoms with Gasteiger partial charge in [-0.05, 0) is 44.7 Å². The molecule has 0 unspecified atom stereocenters. The van der Waals surface area contributed by atoms with Crippen molar-refractivity contribution >= 4 is 22.0 Å². The van der Waals surface area contributed by atoms with Crippen LogP contribution in [0.4, 0.5) is 4.79 Å². The summed E-state index contributed by atoms with van der Waals surface area (Å²) in [5, 5.41) is 0. The SMILES string of the molecule is CCN(NC(=O)N1CCCCC1)S(=O)(=O)CCO[C@H]1CCN(C(=O)c2ccccc2)C1. The number of ether oxygens (including phenoxy) is 1. The number of rotatable bonds is 8. The lowest BCUT2D eigenvalue weighted by atomic mass is 10.1. The van der Waals surface area contributed by atoms with Gasteiger partial charge in [-0.1, -0.05) is 18.2 Å². The number of hydrogen-bond donors (Lipinski definition) is 1. The van der Waals surface area contributed by atoms with Crippen molar-refractivity contribution in [3.63, 3.8) is 0 Å². The number of hydrazine groups is 1. The zero-order chi connectivity index (χ0) is 22.3. The number of nitrogens with zero attached hydrogens (tertiary/aromatic N) is 3. The van der Waals surface area contributed by atoms with E-state index in [1.807, 2.05) is 18.2 Å². The summed E-state index contributed by atoms with van der Waals surface area (Å²) in [5.74, 6) is -0.276. The van der Waals surface area contributed by atoms with Crippen LogP contribution in [0.5, 0.6) is 0 Å². The molecule has 2 aliphatic rings. The third-order valence-corrected chi connectivity index (χ3v) is 7.34. The molecular weight excluding hydrogens is 420 g/mol. The lowest BCUT2D eigenvalue weighted by Gasteiger charge is -2.30. The molecule has 3 rings (SSSR count). The van der Waals surface area contributed by atoms with Crippen LogP contribution in [-0.2, 0) is 14.8 Å². The van der Waals surface area contributed by atoms with Crippen LogP contribution in [0, 0.1) is 0 Å². The smallest absolute Gasteiger partial charge is 0.332 e. The summed E-state index contributed by atoms with van der Waals surface area (Å²) in [6.07, 6.45) is 3.44. The highest BCUT2D eigenvalue weighted by atomic mass is 32.2. The molecule has 2 saturated heterocycles. The summed E-state index contributed by atoms with van der Waals surface area (Å²) >= 11 is 0. The maximum absolute atomic E-state index is 12.7. The first-order valence-corrected chi connectivity index (χ1v) is 12.5. The summed E-state index contributed by atoms with van der Waals surface area (Å²) in [5.41, 5.74) is 3.15. The van der Waals surface area contributed by atoms with E-state index in [1.54, 1.807) is 28.9 Å². The van der Waals surface area contributed by atoms with Crippen LogP contribution in [-0.4, -0.2) is 85.8 Å². The number of sulfonamides is 1. The van der Waals surface area contributed by atoms with Gasteiger partial charge in [0.2, 0.25) is 10.0 Å². The number of piperidine rings is 1. The largest absolute Gasteiger partial charge is 0.375 e. The maximum Gasteiger partial charge on any atom is 0.332 e. The first kappa shape index (κ1) is 23.5. The average Bonchev–Trinajstić information content (AvgIpc) is 3.26. The predicted octanol–water partition coefficient (Wildman–Crippen LogP) is 1.68. The molecule has 0 aliphatic carbocycles. The van der Waals surface area contributed by atoms with Crippen molar-refractivity contribution < 1.29 is 22.7 Å². The molecule has 31 heavy (non-hydrogen) atoms. The minimum absolute atomic E-state index is 0.0104. The number of nitrogens with one attached hydrogen (secondary N) is 1. The van der Waals surface area contributed by atoms with Crippen molar-refractivity contribution in [1.29, 1.82) is 0 Å². The van der Waals surface area contributed by atoms with Crippen molar-refractivity contribution in [2.75, 3.05) is 45.1 Å². The van der Waals surface area contributed by atoms with Crippen LogP contribution < -0.4 is 5.43 Å². The molecule has 9 nitrogen and oxygen atoms in total. The Kier molecular flexibility index (Phi) is 8.28. The normalized spacial score (nSPS) is 19.6. The average molecular weight is 453 g/mol. The molecule has 2 fully saturated rings. The van der Waals surface area contributed by atoms with Gasteiger partial charge in [0, 0.05) is 38.3 Å². The Hall–Kier alpha value is -2.17. The highest BCUT2D eigenvalue weighted by Gasteiger charge is 2.29. The number of hydrogen-bond acceptors (Lipinski definition) is 5. The van der Waals surface area contributed by atoms with E-state index in [2.05, 4.69) is 5.43 Å². The topological polar surface area (TPSA) is 99.3 Å². The Labute approximate surface area is 184 Å². The molecule has 2 heterocycles. The van der Waals surface area contributed by atoms with Gasteiger partial charge in [0.25, 0.3) is 5.91 Å². The Morgan fingerprint density at radius 2 is 1.81 bits per heavy atom. The molecule has 3 amide bonds. The van der Waals surface area contributed by atoms with E-state index in [-0.39, 0.29) is 36.9 Å². The lowest BCUT2D eigenvalue weighted by Crippen LogP contribution is -2.53. The van der Waals surface area contributed by atoms with E-state index in [9.17, 15) is 18.0 Å². The van der Waals surface area contributed by atoms with Gasteiger partial charge < -0.3 is 14.5 Å². The quantitative estimate of drug-likeness (QED) is 0.605. The summed E-state index contributed by atoms with van der Waals surface area (Å²) in [7, 11) is -3.70. The molecule has 1 atom stereocenters. The summed E-state index contributed by atoms with van der Waals surface area (Å²) in [4.78, 5) is 28.2. The summed E-state index contributed by atoms with van der Waals surface area (Å²) < 4.78 is 32.1. The minimum Gasteiger partial charge on any atom is -0.375 e. The van der Waals surface area contributed by atoms with Gasteiger partial charge in [-0.15, -0.1) is 4.41 Å². The fourth-order valence-electron chi connectivity index (χ4n) is 3.86. The third kappa shape index (κ3) is 6.41. The monoisotopic (exact) mass is 452 g/mol. The van der Waals surface area contributed by atoms with Crippen molar-refractivity contribution in [3.8, 4) is 0 Å². The Morgan fingerprint density at radius 1 is 1.10 bits per heavy atom. The van der Waals surface area contributed by atoms with Crippen LogP contribution >= 0.6 is 0 Å². The first-order chi connectivity index (χ1) is 14.9. The Bertz CT molecular complexity index is 843. The number of carbonyl (C=O) groups is 2. The molecule has 0 bridgehead atoms. The molecule has 1 aromatic carbocycles. The molecule has 1 N–H and O–H groups in total. The fourth-order valence-corrected chi connectivity index (χ4v) is 5.00. The van der Waals surface area contributed by atoms with Crippen molar-refractivity contribution in [2.24, 2.45) is 0 Å². The van der Waals surface area contributed by atoms with E-state index in [0.717, 1.165) is 23.7 Å². The van der Waals surface area contributed by atoms with E-state index >= 15 is 0 Å². The van der Waals surface area contributed by atoms with E-state index in [4.69, 9.17) is 4.74 Å². The van der Waals surface area contributed by atoms with Crippen molar-refractivity contribution in [3.05, 3.63) is 35.9 Å². The predicted molar refractivity (Wildman–Crippen MR) is 117 cm³/mol. The molecule has 0 saturated carbocycles. The second-order valence-corrected chi connectivity index (χ2v) is 9.86. The van der Waals surface area contributed by atoms with Crippen LogP contribution in [0.1, 0.15) is 43.0 Å². The van der Waals surface area contributed by atoms with Crippen molar-refractivity contribution in [2.45, 2.75) is 38.7 Å². The third-order valence-electron chi connectivity index (χ3n) is 5.63. The molecule has 172 valence electrons. The molecule has 0 radical (unpaired) electrons. The van der Waals surface area contributed by atoms with Gasteiger partial charge in [0.1, 0.15) is 0 Å². The summed E-state index contributed by atoms with van der Waals surface area (Å²) in [6, 6.07) is 8.69. The molecule has 0 aromatic heterocycles. The van der Waals surface area contributed by atoms with Gasteiger partial charge in [-0.3, -0.25) is 10.2 Å². The van der Waals surface area contributed by atoms with Gasteiger partial charge in [-0.25, -0.2) is 13.2 Å². The first-order valence-electron chi connectivity index (χ1n) is 10.9. The van der Waals surface area contributed by atoms with Gasteiger partial charge >= 0.3 is 6.03 Å². The Morgan fingerprint density at radius 3 is 2.48 bits per heavy atom. The lowest BCUT2D eigenvalue weighted by molar-refractivity contribution is 0.0601. The zero-order valence-corrected chi connectivity index (χ0v) is 18.8. The minimum atomic E-state index is -3.70. The van der Waals surface area contributed by atoms with Crippen LogP contribution in [0.25, 0.3) is 0 Å². The number of amides is 3. The van der Waals surface area contributed by atoms with Crippen LogP contribution in [0.3, 0.4) is 0 Å². The second-order valence-electron chi connectivity index (χ2n) is 7.84. The molecule has 1 aromatic rings.